The number of esters is 2. The van der Waals surface area contributed by atoms with E-state index in [9.17, 15) is 19.2 Å². The number of carbonyl (C=O) groups is 4. The van der Waals surface area contributed by atoms with Gasteiger partial charge in [-0.3, -0.25) is 24.4 Å². The molecule has 1 aromatic carbocycles. The van der Waals surface area contributed by atoms with Crippen LogP contribution >= 0.6 is 0 Å². The maximum absolute atomic E-state index is 11.3. The van der Waals surface area contributed by atoms with Gasteiger partial charge in [-0.2, -0.15) is 0 Å². The Labute approximate surface area is 156 Å². The Morgan fingerprint density at radius 2 is 1.56 bits per heavy atom. The minimum absolute atomic E-state index is 0.0282. The van der Waals surface area contributed by atoms with E-state index in [-0.39, 0.29) is 12.0 Å². The number of carboxylic acid groups (broad SMARTS) is 1. The van der Waals surface area contributed by atoms with Crippen LogP contribution in [0, 0.1) is 20.8 Å². The van der Waals surface area contributed by atoms with Crippen molar-refractivity contribution in [3.8, 4) is 0 Å². The van der Waals surface area contributed by atoms with E-state index in [0.717, 1.165) is 11.4 Å². The van der Waals surface area contributed by atoms with E-state index in [0.29, 0.717) is 23.2 Å². The van der Waals surface area contributed by atoms with Crippen molar-refractivity contribution >= 4 is 24.2 Å². The van der Waals surface area contributed by atoms with Crippen LogP contribution in [0.2, 0.25) is 0 Å². The molecule has 2 rings (SSSR count). The smallest absolute Gasteiger partial charge is 0.335 e. The highest BCUT2D eigenvalue weighted by atomic mass is 16.6. The zero-order valence-corrected chi connectivity index (χ0v) is 15.5. The van der Waals surface area contributed by atoms with Gasteiger partial charge in [-0.25, -0.2) is 4.79 Å². The lowest BCUT2D eigenvalue weighted by molar-refractivity contribution is -0.157. The third-order valence-electron chi connectivity index (χ3n) is 3.44. The average molecular weight is 372 g/mol. The van der Waals surface area contributed by atoms with E-state index in [4.69, 9.17) is 5.11 Å². The molecule has 0 aliphatic heterocycles. The molecule has 0 saturated carbocycles. The normalized spacial score (nSPS) is 9.63. The second-order valence-electron chi connectivity index (χ2n) is 5.61. The summed E-state index contributed by atoms with van der Waals surface area (Å²) < 4.78 is 4.43. The van der Waals surface area contributed by atoms with Crippen LogP contribution in [0.4, 0.5) is 0 Å². The van der Waals surface area contributed by atoms with Gasteiger partial charge in [0.1, 0.15) is 6.29 Å². The molecule has 1 N–H and O–H groups in total. The lowest BCUT2D eigenvalue weighted by Crippen LogP contribution is -2.14. The van der Waals surface area contributed by atoms with Gasteiger partial charge >= 0.3 is 17.9 Å². The Kier molecular flexibility index (Phi) is 7.93. The van der Waals surface area contributed by atoms with Crippen LogP contribution in [-0.2, 0) is 20.7 Å². The van der Waals surface area contributed by atoms with Crippen molar-refractivity contribution in [3.05, 3.63) is 58.2 Å². The van der Waals surface area contributed by atoms with Gasteiger partial charge in [0.25, 0.3) is 0 Å². The topological polar surface area (TPSA) is 124 Å². The highest BCUT2D eigenvalue weighted by Crippen LogP contribution is 2.08. The number of hydrogen-bond acceptors (Lipinski definition) is 7. The molecule has 27 heavy (non-hydrogen) atoms. The SMILES string of the molecule is CC(=O)OC(=O)Cc1nc(C)c(C)nc1C.O=Cc1ccc(C(=O)O)cc1. The summed E-state index contributed by atoms with van der Waals surface area (Å²) in [4.78, 5) is 50.8. The van der Waals surface area contributed by atoms with Crippen LogP contribution in [0.15, 0.2) is 24.3 Å². The summed E-state index contributed by atoms with van der Waals surface area (Å²) >= 11 is 0. The van der Waals surface area contributed by atoms with Gasteiger partial charge in [-0.05, 0) is 32.9 Å². The molecule has 1 aromatic heterocycles. The molecule has 8 nitrogen and oxygen atoms in total. The van der Waals surface area contributed by atoms with Crippen molar-refractivity contribution < 1.29 is 29.0 Å². The number of aromatic carboxylic acids is 1. The van der Waals surface area contributed by atoms with E-state index < -0.39 is 17.9 Å². The Balaban J connectivity index is 0.000000289. The highest BCUT2D eigenvalue weighted by molar-refractivity contribution is 5.88. The monoisotopic (exact) mass is 372 g/mol. The summed E-state index contributed by atoms with van der Waals surface area (Å²) in [7, 11) is 0. The summed E-state index contributed by atoms with van der Waals surface area (Å²) in [5.41, 5.74) is 3.51. The number of aromatic nitrogens is 2. The van der Waals surface area contributed by atoms with Crippen LogP contribution in [0.25, 0.3) is 0 Å². The minimum Gasteiger partial charge on any atom is -0.478 e. The molecule has 0 fully saturated rings. The van der Waals surface area contributed by atoms with Crippen LogP contribution in [0.3, 0.4) is 0 Å². The van der Waals surface area contributed by atoms with Crippen LogP contribution < -0.4 is 0 Å². The summed E-state index contributed by atoms with van der Waals surface area (Å²) in [6.45, 7) is 6.64. The molecule has 8 heteroatoms. The molecule has 0 bridgehead atoms. The first-order chi connectivity index (χ1) is 12.6. The number of aldehydes is 1. The fraction of sp³-hybridized carbons (Fsp3) is 0.263. The molecule has 0 saturated heterocycles. The molecule has 2 aromatic rings. The molecule has 1 heterocycles. The van der Waals surface area contributed by atoms with Crippen molar-refractivity contribution in [2.24, 2.45) is 0 Å². The molecule has 0 radical (unpaired) electrons. The molecule has 0 spiro atoms. The number of rotatable bonds is 4. The third-order valence-corrected chi connectivity index (χ3v) is 3.44. The molecular weight excluding hydrogens is 352 g/mol. The molecule has 0 aliphatic rings. The maximum Gasteiger partial charge on any atom is 0.335 e. The molecule has 0 unspecified atom stereocenters. The zero-order valence-electron chi connectivity index (χ0n) is 15.5. The van der Waals surface area contributed by atoms with Gasteiger partial charge in [0.2, 0.25) is 0 Å². The molecule has 0 amide bonds. The van der Waals surface area contributed by atoms with Gasteiger partial charge in [-0.1, -0.05) is 12.1 Å². The first kappa shape index (κ1) is 21.6. The predicted octanol–water partition coefficient (Wildman–Crippen LogP) is 2.23. The Morgan fingerprint density at radius 3 is 2.04 bits per heavy atom. The molecule has 0 atom stereocenters. The van der Waals surface area contributed by atoms with E-state index in [1.165, 1.54) is 31.2 Å². The van der Waals surface area contributed by atoms with Gasteiger partial charge < -0.3 is 9.84 Å². The van der Waals surface area contributed by atoms with Crippen molar-refractivity contribution in [1.82, 2.24) is 9.97 Å². The summed E-state index contributed by atoms with van der Waals surface area (Å²) in [5.74, 6) is -2.20. The molecule has 142 valence electrons. The molecular formula is C19H20N2O6. The fourth-order valence-corrected chi connectivity index (χ4v) is 1.97. The van der Waals surface area contributed by atoms with E-state index in [1.54, 1.807) is 6.92 Å². The first-order valence-electron chi connectivity index (χ1n) is 7.94. The number of carbonyl (C=O) groups excluding carboxylic acids is 3. The first-order valence-corrected chi connectivity index (χ1v) is 7.94. The van der Waals surface area contributed by atoms with E-state index in [2.05, 4.69) is 14.7 Å². The zero-order chi connectivity index (χ0) is 20.6. The molecule has 0 aliphatic carbocycles. The second-order valence-corrected chi connectivity index (χ2v) is 5.61. The minimum atomic E-state index is -0.984. The number of nitrogens with zero attached hydrogens (tertiary/aromatic N) is 2. The highest BCUT2D eigenvalue weighted by Gasteiger charge is 2.12. The Bertz CT molecular complexity index is 859. The average Bonchev–Trinajstić information content (AvgIpc) is 2.59. The van der Waals surface area contributed by atoms with Crippen LogP contribution in [-0.4, -0.2) is 39.3 Å². The van der Waals surface area contributed by atoms with Crippen molar-refractivity contribution in [3.63, 3.8) is 0 Å². The predicted molar refractivity (Wildman–Crippen MR) is 95.5 cm³/mol. The van der Waals surface area contributed by atoms with Gasteiger partial charge in [0.05, 0.1) is 34.8 Å². The summed E-state index contributed by atoms with van der Waals surface area (Å²) in [6.07, 6.45) is 0.644. The Hall–Kier alpha value is -3.42. The summed E-state index contributed by atoms with van der Waals surface area (Å²) in [6, 6.07) is 5.73. The second kappa shape index (κ2) is 9.91. The lowest BCUT2D eigenvalue weighted by Gasteiger charge is -2.06. The number of ether oxygens (including phenoxy) is 1. The van der Waals surface area contributed by atoms with Gasteiger partial charge in [0.15, 0.2) is 0 Å². The number of benzene rings is 1. The fourth-order valence-electron chi connectivity index (χ4n) is 1.97. The summed E-state index contributed by atoms with van der Waals surface area (Å²) in [5, 5.41) is 8.46. The largest absolute Gasteiger partial charge is 0.478 e. The van der Waals surface area contributed by atoms with Crippen molar-refractivity contribution in [1.29, 1.82) is 0 Å². The number of carboxylic acids is 1. The van der Waals surface area contributed by atoms with Crippen molar-refractivity contribution in [2.75, 3.05) is 0 Å². The standard InChI is InChI=1S/C11H14N2O3.C8H6O3/c1-6-7(2)13-10(8(3)12-6)5-11(15)16-9(4)14;9-5-6-1-3-7(4-2-6)8(10)11/h5H2,1-4H3;1-5H,(H,10,11). The lowest BCUT2D eigenvalue weighted by atomic mass is 10.1. The number of hydrogen-bond donors (Lipinski definition) is 1. The van der Waals surface area contributed by atoms with E-state index >= 15 is 0 Å². The van der Waals surface area contributed by atoms with Gasteiger partial charge in [0, 0.05) is 12.5 Å². The van der Waals surface area contributed by atoms with Gasteiger partial charge in [-0.15, -0.1) is 0 Å². The van der Waals surface area contributed by atoms with Crippen molar-refractivity contribution in [2.45, 2.75) is 34.1 Å². The van der Waals surface area contributed by atoms with Crippen LogP contribution in [0.5, 0.6) is 0 Å². The van der Waals surface area contributed by atoms with E-state index in [1.807, 2.05) is 13.8 Å². The number of aryl methyl sites for hydroxylation is 3. The van der Waals surface area contributed by atoms with Crippen LogP contribution in [0.1, 0.15) is 50.4 Å². The third kappa shape index (κ3) is 7.15. The quantitative estimate of drug-likeness (QED) is 0.492. The Morgan fingerprint density at radius 1 is 1.00 bits per heavy atom. The maximum atomic E-state index is 11.3.